The highest BCUT2D eigenvalue weighted by molar-refractivity contribution is 9.10. The molecule has 1 aliphatic heterocycles. The van der Waals surface area contributed by atoms with E-state index in [1.165, 1.54) is 18.2 Å². The average Bonchev–Trinajstić information content (AvgIpc) is 2.82. The number of carbonyl (C=O) groups is 2. The highest BCUT2D eigenvalue weighted by Gasteiger charge is 2.23. The van der Waals surface area contributed by atoms with Gasteiger partial charge in [-0.3, -0.25) is 9.59 Å². The normalized spacial score (nSPS) is 15.8. The quantitative estimate of drug-likeness (QED) is 0.750. The molecule has 7 nitrogen and oxygen atoms in total. The van der Waals surface area contributed by atoms with Crippen LogP contribution in [-0.4, -0.2) is 44.8 Å². The molecule has 0 unspecified atom stereocenters. The van der Waals surface area contributed by atoms with Crippen molar-refractivity contribution in [2.45, 2.75) is 30.6 Å². The van der Waals surface area contributed by atoms with Gasteiger partial charge in [-0.15, -0.1) is 0 Å². The molecule has 1 fully saturated rings. The molecule has 2 amide bonds. The van der Waals surface area contributed by atoms with E-state index in [0.29, 0.717) is 23.1 Å². The van der Waals surface area contributed by atoms with Gasteiger partial charge in [0, 0.05) is 17.6 Å². The first-order valence-corrected chi connectivity index (χ1v) is 9.95. The zero-order valence-electron chi connectivity index (χ0n) is 13.1. The van der Waals surface area contributed by atoms with Crippen molar-refractivity contribution in [3.63, 3.8) is 0 Å². The second-order valence-electron chi connectivity index (χ2n) is 5.64. The third-order valence-electron chi connectivity index (χ3n) is 3.81. The minimum atomic E-state index is -3.91. The van der Waals surface area contributed by atoms with Crippen LogP contribution >= 0.6 is 15.9 Å². The molecule has 9 heteroatoms. The molecule has 0 aliphatic carbocycles. The van der Waals surface area contributed by atoms with Crippen molar-refractivity contribution in [2.24, 2.45) is 5.73 Å². The Hall–Kier alpha value is -1.45. The molecule has 0 aromatic heterocycles. The molecule has 3 N–H and O–H groups in total. The van der Waals surface area contributed by atoms with Gasteiger partial charge in [-0.25, -0.2) is 13.1 Å². The Morgan fingerprint density at radius 3 is 2.38 bits per heavy atom. The molecular formula is C15H20BrN3O4S. The van der Waals surface area contributed by atoms with Crippen molar-refractivity contribution < 1.29 is 18.0 Å². The number of likely N-dealkylation sites (tertiary alicyclic amines) is 1. The molecule has 1 aliphatic rings. The first-order chi connectivity index (χ1) is 11.3. The Morgan fingerprint density at radius 2 is 1.79 bits per heavy atom. The minimum Gasteiger partial charge on any atom is -0.369 e. The number of rotatable bonds is 5. The van der Waals surface area contributed by atoms with Crippen LogP contribution in [0.1, 0.15) is 36.0 Å². The maximum atomic E-state index is 12.7. The molecule has 132 valence electrons. The summed E-state index contributed by atoms with van der Waals surface area (Å²) in [6, 6.07) is 4.21. The van der Waals surface area contributed by atoms with E-state index in [9.17, 15) is 18.0 Å². The standard InChI is InChI=1S/C15H20BrN3O4S/c16-13-6-5-11(24(22,23)18-10-14(17)20)9-12(13)15(21)19-7-3-1-2-4-8-19/h5-6,9,18H,1-4,7-8,10H2,(H2,17,20). The largest absolute Gasteiger partial charge is 0.369 e. The third kappa shape index (κ3) is 4.78. The number of nitrogens with zero attached hydrogens (tertiary/aromatic N) is 1. The summed E-state index contributed by atoms with van der Waals surface area (Å²) in [5, 5.41) is 0. The number of halogens is 1. The van der Waals surface area contributed by atoms with Crippen LogP contribution in [0, 0.1) is 0 Å². The SMILES string of the molecule is NC(=O)CNS(=O)(=O)c1ccc(Br)c(C(=O)N2CCCCCC2)c1. The van der Waals surface area contributed by atoms with Gasteiger partial charge in [0.1, 0.15) is 0 Å². The van der Waals surface area contributed by atoms with Gasteiger partial charge in [-0.1, -0.05) is 12.8 Å². The van der Waals surface area contributed by atoms with Crippen LogP contribution in [-0.2, 0) is 14.8 Å². The number of benzene rings is 1. The first kappa shape index (κ1) is 18.9. The third-order valence-corrected chi connectivity index (χ3v) is 5.90. The van der Waals surface area contributed by atoms with Crippen molar-refractivity contribution >= 4 is 37.8 Å². The number of sulfonamides is 1. The van der Waals surface area contributed by atoms with Gasteiger partial charge in [-0.2, -0.15) is 0 Å². The van der Waals surface area contributed by atoms with Crippen molar-refractivity contribution in [3.05, 3.63) is 28.2 Å². The number of carbonyl (C=O) groups excluding carboxylic acids is 2. The van der Waals surface area contributed by atoms with Gasteiger partial charge in [-0.05, 0) is 47.0 Å². The lowest BCUT2D eigenvalue weighted by Gasteiger charge is -2.21. The fourth-order valence-electron chi connectivity index (χ4n) is 2.53. The summed E-state index contributed by atoms with van der Waals surface area (Å²) < 4.78 is 27.0. The van der Waals surface area contributed by atoms with E-state index >= 15 is 0 Å². The van der Waals surface area contributed by atoms with Gasteiger partial charge in [0.15, 0.2) is 0 Å². The Labute approximate surface area is 149 Å². The Kier molecular flexibility index (Phi) is 6.36. The fraction of sp³-hybridized carbons (Fsp3) is 0.467. The molecule has 0 saturated carbocycles. The molecule has 1 heterocycles. The summed E-state index contributed by atoms with van der Waals surface area (Å²) in [6.45, 7) is 0.845. The van der Waals surface area contributed by atoms with Gasteiger partial charge in [0.2, 0.25) is 15.9 Å². The second kappa shape index (κ2) is 8.09. The van der Waals surface area contributed by atoms with Crippen LogP contribution in [0.15, 0.2) is 27.6 Å². The number of hydrogen-bond acceptors (Lipinski definition) is 4. The lowest BCUT2D eigenvalue weighted by molar-refractivity contribution is -0.116. The van der Waals surface area contributed by atoms with E-state index in [-0.39, 0.29) is 10.8 Å². The van der Waals surface area contributed by atoms with Crippen molar-refractivity contribution in [2.75, 3.05) is 19.6 Å². The van der Waals surface area contributed by atoms with Gasteiger partial charge in [0.25, 0.3) is 5.91 Å². The van der Waals surface area contributed by atoms with Crippen LogP contribution in [0.25, 0.3) is 0 Å². The van der Waals surface area contributed by atoms with Crippen molar-refractivity contribution in [1.29, 1.82) is 0 Å². The summed E-state index contributed by atoms with van der Waals surface area (Å²) >= 11 is 3.31. The number of hydrogen-bond donors (Lipinski definition) is 2. The molecule has 24 heavy (non-hydrogen) atoms. The summed E-state index contributed by atoms with van der Waals surface area (Å²) in [5.74, 6) is -0.979. The maximum Gasteiger partial charge on any atom is 0.255 e. The number of primary amides is 1. The molecule has 0 atom stereocenters. The van der Waals surface area contributed by atoms with Crippen molar-refractivity contribution in [1.82, 2.24) is 9.62 Å². The summed E-state index contributed by atoms with van der Waals surface area (Å²) in [6.07, 6.45) is 4.08. The van der Waals surface area contributed by atoms with Crippen LogP contribution in [0.2, 0.25) is 0 Å². The average molecular weight is 418 g/mol. The smallest absolute Gasteiger partial charge is 0.255 e. The minimum absolute atomic E-state index is 0.0786. The van der Waals surface area contributed by atoms with Crippen LogP contribution in [0.5, 0.6) is 0 Å². The maximum absolute atomic E-state index is 12.7. The molecule has 0 bridgehead atoms. The second-order valence-corrected chi connectivity index (χ2v) is 8.26. The predicted octanol–water partition coefficient (Wildman–Crippen LogP) is 1.23. The number of nitrogens with two attached hydrogens (primary N) is 1. The van der Waals surface area contributed by atoms with E-state index in [0.717, 1.165) is 25.7 Å². The zero-order chi connectivity index (χ0) is 17.7. The summed E-state index contributed by atoms with van der Waals surface area (Å²) in [7, 11) is -3.91. The van der Waals surface area contributed by atoms with Gasteiger partial charge >= 0.3 is 0 Å². The first-order valence-electron chi connectivity index (χ1n) is 7.68. The monoisotopic (exact) mass is 417 g/mol. The predicted molar refractivity (Wildman–Crippen MR) is 92.9 cm³/mol. The lowest BCUT2D eigenvalue weighted by Crippen LogP contribution is -2.34. The van der Waals surface area contributed by atoms with Crippen LogP contribution < -0.4 is 10.5 Å². The topological polar surface area (TPSA) is 110 Å². The number of amides is 2. The van der Waals surface area contributed by atoms with E-state index < -0.39 is 22.5 Å². The van der Waals surface area contributed by atoms with Gasteiger partial charge < -0.3 is 10.6 Å². The molecule has 1 aromatic rings. The van der Waals surface area contributed by atoms with E-state index in [2.05, 4.69) is 20.7 Å². The molecule has 1 aromatic carbocycles. The van der Waals surface area contributed by atoms with Gasteiger partial charge in [0.05, 0.1) is 17.0 Å². The zero-order valence-corrected chi connectivity index (χ0v) is 15.5. The van der Waals surface area contributed by atoms with Crippen molar-refractivity contribution in [3.8, 4) is 0 Å². The summed E-state index contributed by atoms with van der Waals surface area (Å²) in [4.78, 5) is 25.2. The van der Waals surface area contributed by atoms with Crippen LogP contribution in [0.4, 0.5) is 0 Å². The highest BCUT2D eigenvalue weighted by Crippen LogP contribution is 2.24. The number of nitrogens with one attached hydrogen (secondary N) is 1. The molecule has 2 rings (SSSR count). The lowest BCUT2D eigenvalue weighted by atomic mass is 10.2. The molecule has 1 saturated heterocycles. The molecule has 0 spiro atoms. The van der Waals surface area contributed by atoms with E-state index in [1.54, 1.807) is 4.90 Å². The fourth-order valence-corrected chi connectivity index (χ4v) is 3.96. The Balaban J connectivity index is 2.27. The highest BCUT2D eigenvalue weighted by atomic mass is 79.9. The Bertz CT molecular complexity index is 728. The molecular weight excluding hydrogens is 398 g/mol. The molecule has 0 radical (unpaired) electrons. The Morgan fingerprint density at radius 1 is 1.17 bits per heavy atom. The van der Waals surface area contributed by atoms with E-state index in [4.69, 9.17) is 5.73 Å². The summed E-state index contributed by atoms with van der Waals surface area (Å²) in [5.41, 5.74) is 5.25. The van der Waals surface area contributed by atoms with E-state index in [1.807, 2.05) is 0 Å². The van der Waals surface area contributed by atoms with Crippen LogP contribution in [0.3, 0.4) is 0 Å².